The number of benzene rings is 6. The molecular formula is C53H77BrO6. The fraction of sp³-hybridized carbons (Fsp3) is 0.302. The predicted molar refractivity (Wildman–Crippen MR) is 266 cm³/mol. The lowest BCUT2D eigenvalue weighted by molar-refractivity contribution is 0.112. The van der Waals surface area contributed by atoms with Gasteiger partial charge in [0.1, 0.15) is 40.8 Å². The van der Waals surface area contributed by atoms with Gasteiger partial charge in [0.25, 0.3) is 0 Å². The Morgan fingerprint density at radius 3 is 1.30 bits per heavy atom. The van der Waals surface area contributed by atoms with Gasteiger partial charge in [-0.15, -0.1) is 0 Å². The molecule has 0 saturated carbocycles. The number of aryl methyl sites for hydroxylation is 9. The number of methoxy groups -OCH3 is 1. The minimum atomic E-state index is 0. The number of phenols is 3. The number of rotatable bonds is 4. The van der Waals surface area contributed by atoms with Crippen molar-refractivity contribution in [1.29, 1.82) is 0 Å². The molecule has 7 heteroatoms. The average Bonchev–Trinajstić information content (AvgIpc) is 3.13. The van der Waals surface area contributed by atoms with Crippen molar-refractivity contribution >= 4 is 22.2 Å². The summed E-state index contributed by atoms with van der Waals surface area (Å²) in [5.41, 5.74) is 10.8. The molecule has 0 aromatic heterocycles. The summed E-state index contributed by atoms with van der Waals surface area (Å²) in [5.74, 6) is 3.46. The smallest absolute Gasteiger partial charge is 0.150 e. The summed E-state index contributed by atoms with van der Waals surface area (Å²) in [6.07, 6.45) is 0.708. The van der Waals surface area contributed by atoms with Crippen LogP contribution < -0.4 is 9.47 Å². The van der Waals surface area contributed by atoms with Crippen molar-refractivity contribution in [2.45, 2.75) is 107 Å². The molecule has 60 heavy (non-hydrogen) atoms. The first-order chi connectivity index (χ1) is 25.5. The molecule has 0 aliphatic heterocycles. The molecule has 0 spiro atoms. The van der Waals surface area contributed by atoms with Crippen molar-refractivity contribution in [3.05, 3.63) is 175 Å². The Morgan fingerprint density at radius 2 is 0.900 bits per heavy atom. The van der Waals surface area contributed by atoms with E-state index in [0.29, 0.717) is 23.3 Å². The van der Waals surface area contributed by atoms with Gasteiger partial charge in [-0.1, -0.05) is 109 Å². The topological polar surface area (TPSA) is 96.2 Å². The molecule has 0 saturated heterocycles. The van der Waals surface area contributed by atoms with Gasteiger partial charge in [0, 0.05) is 10.0 Å². The van der Waals surface area contributed by atoms with Crippen LogP contribution in [0.1, 0.15) is 105 Å². The number of ether oxygens (including phenoxy) is 2. The highest BCUT2D eigenvalue weighted by Crippen LogP contribution is 2.28. The number of aldehydes is 1. The van der Waals surface area contributed by atoms with Crippen LogP contribution in [-0.4, -0.2) is 28.7 Å². The lowest BCUT2D eigenvalue weighted by atomic mass is 10.1. The number of hydrogen-bond donors (Lipinski definition) is 3. The molecule has 332 valence electrons. The Morgan fingerprint density at radius 1 is 0.450 bits per heavy atom. The van der Waals surface area contributed by atoms with Gasteiger partial charge >= 0.3 is 0 Å². The van der Waals surface area contributed by atoms with Crippen molar-refractivity contribution in [3.63, 3.8) is 0 Å². The fourth-order valence-electron chi connectivity index (χ4n) is 4.52. The van der Waals surface area contributed by atoms with Crippen LogP contribution in [0, 0.1) is 62.3 Å². The number of hydrogen-bond acceptors (Lipinski definition) is 6. The van der Waals surface area contributed by atoms with Crippen molar-refractivity contribution < 1.29 is 29.6 Å². The Labute approximate surface area is 374 Å². The van der Waals surface area contributed by atoms with Crippen LogP contribution in [0.25, 0.3) is 0 Å². The van der Waals surface area contributed by atoms with Gasteiger partial charge in [-0.2, -0.15) is 0 Å². The van der Waals surface area contributed by atoms with Gasteiger partial charge in [-0.25, -0.2) is 0 Å². The monoisotopic (exact) mass is 888 g/mol. The molecule has 0 bridgehead atoms. The van der Waals surface area contributed by atoms with Gasteiger partial charge in [0.2, 0.25) is 0 Å². The van der Waals surface area contributed by atoms with Gasteiger partial charge < -0.3 is 24.8 Å². The molecule has 0 aliphatic rings. The molecule has 0 amide bonds. The molecule has 0 unspecified atom stereocenters. The largest absolute Gasteiger partial charge is 0.508 e. The molecule has 0 heterocycles. The van der Waals surface area contributed by atoms with Crippen LogP contribution in [0.15, 0.2) is 120 Å². The summed E-state index contributed by atoms with van der Waals surface area (Å²) in [6.45, 7) is 18.1. The summed E-state index contributed by atoms with van der Waals surface area (Å²) >= 11 is 3.40. The number of carbonyl (C=O) groups is 1. The maximum atomic E-state index is 10.2. The third kappa shape index (κ3) is 22.6. The second-order valence-electron chi connectivity index (χ2n) is 12.9. The van der Waals surface area contributed by atoms with Crippen molar-refractivity contribution in [2.24, 2.45) is 0 Å². The standard InChI is InChI=1S/C16H18O2.C8H9Br.C8H8O2.C8H10O.C7H8O.6CH4/c1-11-5-6-14(9-12(11)2)18-15-7-8-16(17-4)13(3)10-15;1-6-3-4-8(9)5-7(6)2;1-6-2-3-7(5-9)4-8(6)10;1-6-3-4-8(9)5-7(6)2;1-6-4-2-3-5-7(6)8;;;;;;/h5-10H,1-4H3;3-5H,1-2H3;2-5,10H,1H3;3-5,9H,1-2H3;2-5,8H,1H3;6*1H4. The summed E-state index contributed by atoms with van der Waals surface area (Å²) in [7, 11) is 1.67. The van der Waals surface area contributed by atoms with Crippen LogP contribution in [0.3, 0.4) is 0 Å². The summed E-state index contributed by atoms with van der Waals surface area (Å²) in [4.78, 5) is 10.2. The van der Waals surface area contributed by atoms with Gasteiger partial charge in [-0.05, 0) is 179 Å². The second kappa shape index (κ2) is 32.3. The number of halogens is 1. The number of carbonyl (C=O) groups excluding carboxylic acids is 1. The molecule has 0 atom stereocenters. The Kier molecular flexibility index (Phi) is 34.3. The number of para-hydroxylation sites is 1. The molecular weight excluding hydrogens is 812 g/mol. The number of aromatic hydroxyl groups is 3. The first-order valence-electron chi connectivity index (χ1n) is 17.4. The Balaban J connectivity index is -0.000000213. The van der Waals surface area contributed by atoms with E-state index in [2.05, 4.69) is 74.0 Å². The minimum Gasteiger partial charge on any atom is -0.508 e. The van der Waals surface area contributed by atoms with E-state index in [1.807, 2.05) is 76.2 Å². The van der Waals surface area contributed by atoms with E-state index in [1.165, 1.54) is 33.9 Å². The van der Waals surface area contributed by atoms with Crippen LogP contribution in [0.4, 0.5) is 0 Å². The molecule has 0 radical (unpaired) electrons. The highest BCUT2D eigenvalue weighted by molar-refractivity contribution is 9.10. The van der Waals surface area contributed by atoms with E-state index in [9.17, 15) is 4.79 Å². The highest BCUT2D eigenvalue weighted by Gasteiger charge is 2.03. The molecule has 0 fully saturated rings. The third-order valence-electron chi connectivity index (χ3n) is 8.52. The minimum absolute atomic E-state index is 0. The van der Waals surface area contributed by atoms with Crippen LogP contribution in [0.5, 0.6) is 34.5 Å². The lowest BCUT2D eigenvalue weighted by Crippen LogP contribution is -1.90. The SMILES string of the molecule is C.C.C.C.C.C.COc1ccc(Oc2ccc(C)c(C)c2)cc1C.Cc1ccc(Br)cc1C.Cc1ccc(C=O)cc1O.Cc1ccc(O)cc1C.Cc1ccccc1O. The maximum absolute atomic E-state index is 10.2. The number of phenolic OH excluding ortho intramolecular Hbond substituents is 3. The van der Waals surface area contributed by atoms with E-state index in [1.54, 1.807) is 44.4 Å². The first kappa shape index (κ1) is 63.6. The van der Waals surface area contributed by atoms with E-state index < -0.39 is 0 Å². The van der Waals surface area contributed by atoms with Gasteiger partial charge in [-0.3, -0.25) is 4.79 Å². The summed E-state index contributed by atoms with van der Waals surface area (Å²) in [6, 6.07) is 35.7. The van der Waals surface area contributed by atoms with E-state index >= 15 is 0 Å². The Bertz CT molecular complexity index is 2030. The molecule has 6 nitrogen and oxygen atoms in total. The summed E-state index contributed by atoms with van der Waals surface area (Å²) in [5, 5.41) is 26.9. The van der Waals surface area contributed by atoms with Gasteiger partial charge in [0.15, 0.2) is 0 Å². The quantitative estimate of drug-likeness (QED) is 0.153. The van der Waals surface area contributed by atoms with Crippen molar-refractivity contribution in [2.75, 3.05) is 7.11 Å². The molecule has 6 aromatic rings. The highest BCUT2D eigenvalue weighted by atomic mass is 79.9. The predicted octanol–water partition coefficient (Wildman–Crippen LogP) is 16.5. The maximum Gasteiger partial charge on any atom is 0.150 e. The molecule has 6 rings (SSSR count). The Hall–Kier alpha value is -5.53. The molecule has 0 aliphatic carbocycles. The van der Waals surface area contributed by atoms with Crippen molar-refractivity contribution in [3.8, 4) is 34.5 Å². The zero-order valence-electron chi connectivity index (χ0n) is 33.0. The zero-order chi connectivity index (χ0) is 40.4. The summed E-state index contributed by atoms with van der Waals surface area (Å²) < 4.78 is 12.2. The second-order valence-corrected chi connectivity index (χ2v) is 13.8. The normalized spacial score (nSPS) is 8.72. The first-order valence-corrected chi connectivity index (χ1v) is 18.2. The van der Waals surface area contributed by atoms with Crippen LogP contribution in [0.2, 0.25) is 0 Å². The third-order valence-corrected chi connectivity index (χ3v) is 9.02. The van der Waals surface area contributed by atoms with Crippen LogP contribution in [-0.2, 0) is 0 Å². The molecule has 6 aromatic carbocycles. The zero-order valence-corrected chi connectivity index (χ0v) is 34.6. The van der Waals surface area contributed by atoms with E-state index in [4.69, 9.17) is 24.8 Å². The van der Waals surface area contributed by atoms with E-state index in [0.717, 1.165) is 44.0 Å². The molecule has 3 N–H and O–H groups in total. The van der Waals surface area contributed by atoms with Crippen LogP contribution >= 0.6 is 15.9 Å². The van der Waals surface area contributed by atoms with Crippen molar-refractivity contribution in [1.82, 2.24) is 0 Å². The lowest BCUT2D eigenvalue weighted by Gasteiger charge is -2.10. The van der Waals surface area contributed by atoms with Gasteiger partial charge in [0.05, 0.1) is 7.11 Å². The fourth-order valence-corrected chi connectivity index (χ4v) is 5.00. The van der Waals surface area contributed by atoms with E-state index in [-0.39, 0.29) is 50.3 Å². The average molecular weight is 890 g/mol.